The first kappa shape index (κ1) is 7.48. The van der Waals surface area contributed by atoms with Crippen LogP contribution in [0.1, 0.15) is 13.3 Å². The lowest BCUT2D eigenvalue weighted by Gasteiger charge is -1.96. The van der Waals surface area contributed by atoms with Gasteiger partial charge in [-0.15, -0.1) is 6.58 Å². The highest BCUT2D eigenvalue weighted by atomic mass is 13.9. The Labute approximate surface area is 51.9 Å². The fraction of sp³-hybridized carbons (Fsp3) is 0.375. The number of rotatable bonds is 3. The summed E-state index contributed by atoms with van der Waals surface area (Å²) in [6.07, 6.45) is 6.87. The fourth-order valence-corrected chi connectivity index (χ4v) is 0.407. The summed E-state index contributed by atoms with van der Waals surface area (Å²) in [5.41, 5.74) is 0. The number of hydrogen-bond acceptors (Lipinski definition) is 0. The average Bonchev–Trinajstić information content (AvgIpc) is 1.83. The maximum absolute atomic E-state index is 3.66. The van der Waals surface area contributed by atoms with E-state index in [1.165, 1.54) is 0 Å². The van der Waals surface area contributed by atoms with Crippen molar-refractivity contribution in [2.24, 2.45) is 5.92 Å². The quantitative estimate of drug-likeness (QED) is 0.489. The Hall–Kier alpha value is -0.520. The molecule has 0 aromatic carbocycles. The molecule has 0 aromatic heterocycles. The zero-order valence-corrected chi connectivity index (χ0v) is 5.43. The molecule has 0 bridgehead atoms. The average molecular weight is 109 g/mol. The van der Waals surface area contributed by atoms with Crippen molar-refractivity contribution in [2.45, 2.75) is 13.3 Å². The molecule has 0 fully saturated rings. The molecule has 1 unspecified atom stereocenters. The zero-order valence-electron chi connectivity index (χ0n) is 5.43. The van der Waals surface area contributed by atoms with E-state index in [0.717, 1.165) is 6.42 Å². The van der Waals surface area contributed by atoms with E-state index in [9.17, 15) is 0 Å². The number of hydrogen-bond donors (Lipinski definition) is 0. The van der Waals surface area contributed by atoms with Crippen LogP contribution < -0.4 is 0 Å². The molecule has 0 amide bonds. The Bertz CT molecular complexity index is 80.0. The van der Waals surface area contributed by atoms with Crippen molar-refractivity contribution in [1.29, 1.82) is 0 Å². The largest absolute Gasteiger partial charge is 0.103 e. The number of allylic oxidation sites excluding steroid dienone is 3. The van der Waals surface area contributed by atoms with Gasteiger partial charge >= 0.3 is 0 Å². The molecule has 0 nitrogen and oxygen atoms in total. The van der Waals surface area contributed by atoms with Crippen LogP contribution >= 0.6 is 0 Å². The summed E-state index contributed by atoms with van der Waals surface area (Å²) in [5.74, 6) is 0.591. The molecule has 0 saturated carbocycles. The molecule has 1 atom stereocenters. The molecule has 1 radical (unpaired) electrons. The predicted octanol–water partition coefficient (Wildman–Crippen LogP) is 2.59. The molecule has 0 spiro atoms. The third-order valence-corrected chi connectivity index (χ3v) is 1.08. The Morgan fingerprint density at radius 2 is 2.25 bits per heavy atom. The van der Waals surface area contributed by atoms with Gasteiger partial charge in [-0.1, -0.05) is 25.2 Å². The second-order valence-electron chi connectivity index (χ2n) is 1.92. The lowest BCUT2D eigenvalue weighted by Crippen LogP contribution is -1.82. The molecule has 0 rings (SSSR count). The van der Waals surface area contributed by atoms with Crippen molar-refractivity contribution in [3.8, 4) is 0 Å². The van der Waals surface area contributed by atoms with Gasteiger partial charge in [0.25, 0.3) is 0 Å². The highest BCUT2D eigenvalue weighted by molar-refractivity contribution is 4.89. The summed E-state index contributed by atoms with van der Waals surface area (Å²) in [4.78, 5) is 0. The smallest absolute Gasteiger partial charge is 0.0230 e. The minimum Gasteiger partial charge on any atom is -0.103 e. The van der Waals surface area contributed by atoms with Crippen LogP contribution in [0.5, 0.6) is 0 Å². The van der Waals surface area contributed by atoms with Crippen LogP contribution in [0.25, 0.3) is 0 Å². The molecule has 0 aliphatic heterocycles. The Morgan fingerprint density at radius 1 is 1.62 bits per heavy atom. The molecular weight excluding hydrogens is 96.1 g/mol. The van der Waals surface area contributed by atoms with Crippen LogP contribution in [0, 0.1) is 12.8 Å². The monoisotopic (exact) mass is 109 g/mol. The van der Waals surface area contributed by atoms with E-state index in [4.69, 9.17) is 0 Å². The van der Waals surface area contributed by atoms with E-state index >= 15 is 0 Å². The minimum atomic E-state index is 0.591. The van der Waals surface area contributed by atoms with Crippen molar-refractivity contribution < 1.29 is 0 Å². The first-order valence-corrected chi connectivity index (χ1v) is 2.88. The van der Waals surface area contributed by atoms with Gasteiger partial charge in [-0.05, 0) is 19.3 Å². The van der Waals surface area contributed by atoms with E-state index in [1.807, 2.05) is 18.2 Å². The lowest BCUT2D eigenvalue weighted by atomic mass is 10.1. The maximum atomic E-state index is 3.66. The van der Waals surface area contributed by atoms with Gasteiger partial charge in [0, 0.05) is 0 Å². The van der Waals surface area contributed by atoms with Gasteiger partial charge in [0.2, 0.25) is 0 Å². The molecule has 0 aromatic rings. The summed E-state index contributed by atoms with van der Waals surface area (Å²) in [6.45, 7) is 9.37. The van der Waals surface area contributed by atoms with E-state index < -0.39 is 0 Å². The molecule has 45 valence electrons. The molecule has 0 saturated heterocycles. The van der Waals surface area contributed by atoms with Crippen LogP contribution in [0.2, 0.25) is 0 Å². The van der Waals surface area contributed by atoms with E-state index in [0.29, 0.717) is 5.92 Å². The van der Waals surface area contributed by atoms with E-state index in [2.05, 4.69) is 20.4 Å². The van der Waals surface area contributed by atoms with E-state index in [1.54, 1.807) is 0 Å². The van der Waals surface area contributed by atoms with Crippen LogP contribution in [0.4, 0.5) is 0 Å². The molecule has 0 heterocycles. The maximum Gasteiger partial charge on any atom is -0.0230 e. The van der Waals surface area contributed by atoms with Gasteiger partial charge in [-0.3, -0.25) is 0 Å². The third kappa shape index (κ3) is 3.66. The highest BCUT2D eigenvalue weighted by Gasteiger charge is 1.87. The van der Waals surface area contributed by atoms with Gasteiger partial charge < -0.3 is 0 Å². The standard InChI is InChI=1S/C8H13/c1-4-6-7-8(3)5-2/h4-6,8H,1-2,7H2,3H3/b6-4-. The van der Waals surface area contributed by atoms with Crippen molar-refractivity contribution in [1.82, 2.24) is 0 Å². The van der Waals surface area contributed by atoms with Gasteiger partial charge in [-0.2, -0.15) is 0 Å². The molecule has 0 aliphatic rings. The predicted molar refractivity (Wildman–Crippen MR) is 38.5 cm³/mol. The summed E-state index contributed by atoms with van der Waals surface area (Å²) in [6, 6.07) is 0. The van der Waals surface area contributed by atoms with Crippen molar-refractivity contribution in [3.63, 3.8) is 0 Å². The van der Waals surface area contributed by atoms with Crippen molar-refractivity contribution in [3.05, 3.63) is 31.7 Å². The molecule has 0 N–H and O–H groups in total. The first-order chi connectivity index (χ1) is 3.81. The fourth-order valence-electron chi connectivity index (χ4n) is 0.407. The zero-order chi connectivity index (χ0) is 6.41. The van der Waals surface area contributed by atoms with Gasteiger partial charge in [0.15, 0.2) is 0 Å². The summed E-state index contributed by atoms with van der Waals surface area (Å²) < 4.78 is 0. The molecule has 0 aliphatic carbocycles. The van der Waals surface area contributed by atoms with Gasteiger partial charge in [-0.25, -0.2) is 0 Å². The van der Waals surface area contributed by atoms with Crippen LogP contribution in [0.3, 0.4) is 0 Å². The first-order valence-electron chi connectivity index (χ1n) is 2.88. The normalized spacial score (nSPS) is 14.2. The van der Waals surface area contributed by atoms with Crippen LogP contribution in [-0.4, -0.2) is 0 Å². The summed E-state index contributed by atoms with van der Waals surface area (Å²) in [5, 5.41) is 0. The highest BCUT2D eigenvalue weighted by Crippen LogP contribution is 2.01. The lowest BCUT2D eigenvalue weighted by molar-refractivity contribution is 0.746. The SMILES string of the molecule is [CH2]/C=C\CC(C)C=C. The minimum absolute atomic E-state index is 0.591. The van der Waals surface area contributed by atoms with Crippen molar-refractivity contribution in [2.75, 3.05) is 0 Å². The second-order valence-corrected chi connectivity index (χ2v) is 1.92. The molecule has 8 heavy (non-hydrogen) atoms. The molecule has 0 heteroatoms. The van der Waals surface area contributed by atoms with E-state index in [-0.39, 0.29) is 0 Å². The van der Waals surface area contributed by atoms with Gasteiger partial charge in [0.1, 0.15) is 0 Å². The van der Waals surface area contributed by atoms with Crippen LogP contribution in [-0.2, 0) is 0 Å². The summed E-state index contributed by atoms with van der Waals surface area (Å²) >= 11 is 0. The Kier molecular flexibility index (Phi) is 4.33. The topological polar surface area (TPSA) is 0 Å². The third-order valence-electron chi connectivity index (χ3n) is 1.08. The van der Waals surface area contributed by atoms with Crippen molar-refractivity contribution >= 4 is 0 Å². The van der Waals surface area contributed by atoms with Crippen LogP contribution in [0.15, 0.2) is 24.8 Å². The second kappa shape index (κ2) is 4.63. The Morgan fingerprint density at radius 3 is 2.62 bits per heavy atom. The summed E-state index contributed by atoms with van der Waals surface area (Å²) in [7, 11) is 0. The molecular formula is C8H13. The van der Waals surface area contributed by atoms with Gasteiger partial charge in [0.05, 0.1) is 0 Å². The Balaban J connectivity index is 3.23.